The summed E-state index contributed by atoms with van der Waals surface area (Å²) in [5, 5.41) is 10.7. The van der Waals surface area contributed by atoms with E-state index in [1.54, 1.807) is 13.1 Å². The van der Waals surface area contributed by atoms with Crippen LogP contribution < -0.4 is 10.6 Å². The number of benzene rings is 1. The van der Waals surface area contributed by atoms with Crippen molar-refractivity contribution in [2.24, 2.45) is 0 Å². The molecule has 0 spiro atoms. The van der Waals surface area contributed by atoms with Gasteiger partial charge in [-0.3, -0.25) is 9.59 Å². The molecule has 7 heteroatoms. The molecular formula is C20H26N4O3. The number of nitrogens with zero attached hydrogens (tertiary/aromatic N) is 2. The summed E-state index contributed by atoms with van der Waals surface area (Å²) < 4.78 is 6.73. The maximum Gasteiger partial charge on any atom is 0.169 e. The number of carbonyl (C=O) groups is 2. The zero-order chi connectivity index (χ0) is 20.0. The maximum atomic E-state index is 11.3. The van der Waals surface area contributed by atoms with Crippen molar-refractivity contribution >= 4 is 29.3 Å². The van der Waals surface area contributed by atoms with Crippen LogP contribution in [0.3, 0.4) is 0 Å². The Hall–Kier alpha value is -2.93. The van der Waals surface area contributed by atoms with Crippen molar-refractivity contribution in [2.75, 3.05) is 19.4 Å². The van der Waals surface area contributed by atoms with Gasteiger partial charge in [-0.25, -0.2) is 0 Å². The number of nitrogens with one attached hydrogen (secondary N) is 2. The monoisotopic (exact) mass is 370 g/mol. The van der Waals surface area contributed by atoms with Crippen molar-refractivity contribution in [1.82, 2.24) is 15.0 Å². The molecule has 0 aliphatic carbocycles. The van der Waals surface area contributed by atoms with Crippen LogP contribution in [-0.4, -0.2) is 42.4 Å². The molecule has 27 heavy (non-hydrogen) atoms. The van der Waals surface area contributed by atoms with E-state index in [9.17, 15) is 9.59 Å². The van der Waals surface area contributed by atoms with E-state index in [2.05, 4.69) is 29.6 Å². The van der Waals surface area contributed by atoms with Crippen molar-refractivity contribution in [3.05, 3.63) is 47.3 Å². The Balaban J connectivity index is 0.000000273. The van der Waals surface area contributed by atoms with Gasteiger partial charge in [0.05, 0.1) is 5.69 Å². The lowest BCUT2D eigenvalue weighted by molar-refractivity contribution is 0.111. The smallest absolute Gasteiger partial charge is 0.169 e. The number of anilines is 1. The fraction of sp³-hybridized carbons (Fsp3) is 0.350. The van der Waals surface area contributed by atoms with Gasteiger partial charge >= 0.3 is 0 Å². The van der Waals surface area contributed by atoms with Gasteiger partial charge in [-0.2, -0.15) is 0 Å². The Morgan fingerprint density at radius 3 is 2.33 bits per heavy atom. The Labute approximate surface area is 158 Å². The second-order valence-corrected chi connectivity index (χ2v) is 6.38. The molecule has 0 bridgehead atoms. The van der Waals surface area contributed by atoms with Crippen LogP contribution in [0.1, 0.15) is 46.5 Å². The van der Waals surface area contributed by atoms with E-state index in [1.165, 1.54) is 0 Å². The van der Waals surface area contributed by atoms with E-state index in [0.717, 1.165) is 35.1 Å². The van der Waals surface area contributed by atoms with Gasteiger partial charge < -0.3 is 19.7 Å². The number of likely N-dealkylation sites (N-methyl/N-ethyl adjacent to an activating group) is 1. The minimum atomic E-state index is 0.115. The number of rotatable bonds is 6. The molecule has 0 fully saturated rings. The van der Waals surface area contributed by atoms with E-state index in [1.807, 2.05) is 42.8 Å². The Morgan fingerprint density at radius 2 is 1.85 bits per heavy atom. The molecule has 0 saturated carbocycles. The molecule has 0 aliphatic rings. The van der Waals surface area contributed by atoms with Crippen LogP contribution in [-0.2, 0) is 0 Å². The van der Waals surface area contributed by atoms with E-state index in [4.69, 9.17) is 4.52 Å². The zero-order valence-corrected chi connectivity index (χ0v) is 16.3. The summed E-state index contributed by atoms with van der Waals surface area (Å²) in [6.45, 7) is 5.98. The van der Waals surface area contributed by atoms with Crippen molar-refractivity contribution in [1.29, 1.82) is 0 Å². The van der Waals surface area contributed by atoms with Gasteiger partial charge in [-0.15, -0.1) is 0 Å². The first kappa shape index (κ1) is 20.4. The summed E-state index contributed by atoms with van der Waals surface area (Å²) in [6, 6.07) is 9.49. The minimum absolute atomic E-state index is 0.115. The molecule has 2 heterocycles. The highest BCUT2D eigenvalue weighted by Gasteiger charge is 2.18. The number of aromatic nitrogens is 2. The molecule has 0 saturated heterocycles. The normalized spacial score (nSPS) is 12.8. The number of carbonyl (C=O) groups excluding carboxylic acids is 2. The third-order valence-corrected chi connectivity index (χ3v) is 4.62. The predicted octanol–water partition coefficient (Wildman–Crippen LogP) is 3.46. The van der Waals surface area contributed by atoms with Gasteiger partial charge in [-0.1, -0.05) is 17.3 Å². The summed E-state index contributed by atoms with van der Waals surface area (Å²) in [4.78, 5) is 22.2. The minimum Gasteiger partial charge on any atom is -0.370 e. The molecule has 2 aromatic heterocycles. The molecule has 144 valence electrons. The third-order valence-electron chi connectivity index (χ3n) is 4.62. The van der Waals surface area contributed by atoms with Gasteiger partial charge in [0, 0.05) is 41.7 Å². The topological polar surface area (TPSA) is 89.2 Å². The Bertz CT molecular complexity index is 913. The molecule has 7 nitrogen and oxygen atoms in total. The quantitative estimate of drug-likeness (QED) is 0.646. The largest absolute Gasteiger partial charge is 0.370 e. The van der Waals surface area contributed by atoms with Crippen LogP contribution in [0.4, 0.5) is 5.82 Å². The highest BCUT2D eigenvalue weighted by Crippen LogP contribution is 2.25. The number of aldehydes is 2. The van der Waals surface area contributed by atoms with Crippen molar-refractivity contribution < 1.29 is 14.1 Å². The van der Waals surface area contributed by atoms with Crippen molar-refractivity contribution in [3.8, 4) is 0 Å². The van der Waals surface area contributed by atoms with Crippen LogP contribution >= 0.6 is 0 Å². The lowest BCUT2D eigenvalue weighted by Gasteiger charge is -2.23. The van der Waals surface area contributed by atoms with Crippen LogP contribution in [0, 0.1) is 6.92 Å². The highest BCUT2D eigenvalue weighted by molar-refractivity contribution is 5.92. The number of hydrogen-bond acceptors (Lipinski definition) is 6. The van der Waals surface area contributed by atoms with Crippen LogP contribution in [0.2, 0.25) is 0 Å². The van der Waals surface area contributed by atoms with Crippen molar-refractivity contribution in [2.45, 2.75) is 32.9 Å². The summed E-state index contributed by atoms with van der Waals surface area (Å²) in [6.07, 6.45) is 1.68. The second-order valence-electron chi connectivity index (χ2n) is 6.38. The maximum absolute atomic E-state index is 11.3. The molecule has 0 aliphatic heterocycles. The molecule has 0 amide bonds. The second kappa shape index (κ2) is 9.14. The fourth-order valence-corrected chi connectivity index (χ4v) is 2.83. The number of fused-ring (bicyclic) bond motifs is 1. The summed E-state index contributed by atoms with van der Waals surface area (Å²) in [7, 11) is 3.70. The zero-order valence-electron chi connectivity index (χ0n) is 16.3. The predicted molar refractivity (Wildman–Crippen MR) is 107 cm³/mol. The van der Waals surface area contributed by atoms with Gasteiger partial charge in [-0.05, 0) is 40.0 Å². The summed E-state index contributed by atoms with van der Waals surface area (Å²) in [5.41, 5.74) is 2.17. The van der Waals surface area contributed by atoms with Gasteiger partial charge in [0.1, 0.15) is 12.0 Å². The van der Waals surface area contributed by atoms with E-state index >= 15 is 0 Å². The molecule has 3 aromatic rings. The first-order valence-corrected chi connectivity index (χ1v) is 8.78. The van der Waals surface area contributed by atoms with Gasteiger partial charge in [0.25, 0.3) is 0 Å². The lowest BCUT2D eigenvalue weighted by atomic mass is 10.1. The first-order chi connectivity index (χ1) is 12.9. The van der Waals surface area contributed by atoms with E-state index in [-0.39, 0.29) is 12.1 Å². The molecule has 2 atom stereocenters. The van der Waals surface area contributed by atoms with E-state index < -0.39 is 0 Å². The molecule has 2 unspecified atom stereocenters. The fourth-order valence-electron chi connectivity index (χ4n) is 2.83. The van der Waals surface area contributed by atoms with Crippen molar-refractivity contribution in [3.63, 3.8) is 0 Å². The highest BCUT2D eigenvalue weighted by atomic mass is 16.5. The van der Waals surface area contributed by atoms with Crippen LogP contribution in [0.25, 0.3) is 10.9 Å². The molecule has 2 N–H and O–H groups in total. The van der Waals surface area contributed by atoms with E-state index in [0.29, 0.717) is 11.3 Å². The van der Waals surface area contributed by atoms with Crippen LogP contribution in [0.5, 0.6) is 0 Å². The third kappa shape index (κ3) is 4.62. The Kier molecular flexibility index (Phi) is 6.90. The Morgan fingerprint density at radius 1 is 1.11 bits per heavy atom. The first-order valence-electron chi connectivity index (χ1n) is 8.78. The molecule has 3 rings (SSSR count). The molecule has 1 aromatic carbocycles. The van der Waals surface area contributed by atoms with Gasteiger partial charge in [0.2, 0.25) is 0 Å². The number of aryl methyl sites for hydroxylation is 1. The molecule has 0 radical (unpaired) electrons. The van der Waals surface area contributed by atoms with Gasteiger partial charge in [0.15, 0.2) is 12.1 Å². The summed E-state index contributed by atoms with van der Waals surface area (Å²) in [5.74, 6) is 1.61. The SMILES string of the molecule is CNC(C)C(C)n1c(C=O)cc2ccc(C=O)cc21.CNc1cc(C)on1. The standard InChI is InChI=1S/C15H18N2O2.C5H8N2O/c1-10(16-3)11(2)17-14(9-19)7-13-5-4-12(8-18)6-15(13)17;1-4-3-5(6-2)7-8-4/h4-11,16H,1-3H3;3H,1-2H3,(H,6,7). The summed E-state index contributed by atoms with van der Waals surface area (Å²) >= 11 is 0. The molecular weight excluding hydrogens is 344 g/mol. The number of hydrogen-bond donors (Lipinski definition) is 2. The average Bonchev–Trinajstić information content (AvgIpc) is 3.29. The lowest BCUT2D eigenvalue weighted by Crippen LogP contribution is -2.31. The van der Waals surface area contributed by atoms with Crippen LogP contribution in [0.15, 0.2) is 34.9 Å². The average molecular weight is 370 g/mol.